The highest BCUT2D eigenvalue weighted by Gasteiger charge is 2.19. The van der Waals surface area contributed by atoms with Crippen molar-refractivity contribution in [2.75, 3.05) is 0 Å². The fourth-order valence-electron chi connectivity index (χ4n) is 1.38. The molecule has 3 N–H and O–H groups in total. The zero-order chi connectivity index (χ0) is 14.5. The molecule has 7 nitrogen and oxygen atoms in total. The monoisotopic (exact) mass is 292 g/mol. The van der Waals surface area contributed by atoms with Crippen LogP contribution >= 0.6 is 11.8 Å². The molecule has 0 aliphatic heterocycles. The molecule has 1 aromatic heterocycles. The molecule has 1 aromatic carbocycles. The van der Waals surface area contributed by atoms with Gasteiger partial charge in [0, 0.05) is 5.56 Å². The van der Waals surface area contributed by atoms with E-state index in [-0.39, 0.29) is 5.22 Å². The molecule has 20 heavy (non-hydrogen) atoms. The number of primary amides is 1. The first kappa shape index (κ1) is 14.1. The van der Waals surface area contributed by atoms with Gasteiger partial charge >= 0.3 is 6.03 Å². The van der Waals surface area contributed by atoms with Crippen LogP contribution in [0.5, 0.6) is 0 Å². The van der Waals surface area contributed by atoms with Gasteiger partial charge < -0.3 is 10.2 Å². The average Bonchev–Trinajstić information content (AvgIpc) is 2.87. The summed E-state index contributed by atoms with van der Waals surface area (Å²) in [5, 5.41) is 9.40. The molecule has 2 aromatic rings. The summed E-state index contributed by atoms with van der Waals surface area (Å²) in [5.41, 5.74) is 5.67. The first-order chi connectivity index (χ1) is 9.56. The molecule has 3 amide bonds. The SMILES string of the molecule is C[C@H](Sc1nnc(-c2ccccc2)o1)C(=O)NC(N)=O. The van der Waals surface area contributed by atoms with Crippen LogP contribution in [0.2, 0.25) is 0 Å². The fraction of sp³-hybridized carbons (Fsp3) is 0.167. The Hall–Kier alpha value is -2.35. The van der Waals surface area contributed by atoms with Crippen LogP contribution < -0.4 is 11.1 Å². The van der Waals surface area contributed by atoms with E-state index in [1.54, 1.807) is 6.92 Å². The summed E-state index contributed by atoms with van der Waals surface area (Å²) >= 11 is 1.05. The van der Waals surface area contributed by atoms with Gasteiger partial charge in [-0.15, -0.1) is 10.2 Å². The molecule has 1 heterocycles. The van der Waals surface area contributed by atoms with Gasteiger partial charge in [-0.05, 0) is 19.1 Å². The van der Waals surface area contributed by atoms with E-state index in [9.17, 15) is 9.59 Å². The molecule has 2 rings (SSSR count). The Bertz CT molecular complexity index is 614. The summed E-state index contributed by atoms with van der Waals surface area (Å²) in [6.45, 7) is 1.61. The van der Waals surface area contributed by atoms with Crippen LogP contribution in [0, 0.1) is 0 Å². The number of hydrogen-bond donors (Lipinski definition) is 2. The lowest BCUT2D eigenvalue weighted by molar-refractivity contribution is -0.119. The van der Waals surface area contributed by atoms with Crippen LogP contribution in [0.4, 0.5) is 4.79 Å². The Morgan fingerprint density at radius 2 is 2.00 bits per heavy atom. The van der Waals surface area contributed by atoms with Gasteiger partial charge in [-0.2, -0.15) is 0 Å². The third-order valence-corrected chi connectivity index (χ3v) is 3.25. The first-order valence-corrected chi connectivity index (χ1v) is 6.60. The number of nitrogens with one attached hydrogen (secondary N) is 1. The number of thioether (sulfide) groups is 1. The van der Waals surface area contributed by atoms with Gasteiger partial charge in [0.15, 0.2) is 0 Å². The van der Waals surface area contributed by atoms with Crippen molar-refractivity contribution < 1.29 is 14.0 Å². The minimum absolute atomic E-state index is 0.246. The molecule has 0 radical (unpaired) electrons. The molecule has 104 valence electrons. The van der Waals surface area contributed by atoms with Gasteiger partial charge in [0.2, 0.25) is 11.8 Å². The van der Waals surface area contributed by atoms with Crippen molar-refractivity contribution in [1.29, 1.82) is 0 Å². The van der Waals surface area contributed by atoms with Crippen LogP contribution in [0.1, 0.15) is 6.92 Å². The Morgan fingerprint density at radius 1 is 1.30 bits per heavy atom. The lowest BCUT2D eigenvalue weighted by Crippen LogP contribution is -2.39. The molecule has 0 fully saturated rings. The smallest absolute Gasteiger partial charge is 0.318 e. The summed E-state index contributed by atoms with van der Waals surface area (Å²) in [6.07, 6.45) is 0. The highest BCUT2D eigenvalue weighted by molar-refractivity contribution is 8.00. The summed E-state index contributed by atoms with van der Waals surface area (Å²) in [4.78, 5) is 22.1. The van der Waals surface area contributed by atoms with Crippen LogP contribution in [0.25, 0.3) is 11.5 Å². The Kier molecular flexibility index (Phi) is 4.36. The molecule has 0 aliphatic carbocycles. The summed E-state index contributed by atoms with van der Waals surface area (Å²) in [5.74, 6) is -0.141. The lowest BCUT2D eigenvalue weighted by atomic mass is 10.2. The predicted octanol–water partition coefficient (Wildman–Crippen LogP) is 1.41. The zero-order valence-electron chi connectivity index (χ0n) is 10.6. The number of aromatic nitrogens is 2. The number of carbonyl (C=O) groups is 2. The van der Waals surface area contributed by atoms with E-state index in [4.69, 9.17) is 10.2 Å². The second-order valence-corrected chi connectivity index (χ2v) is 5.14. The third kappa shape index (κ3) is 3.58. The highest BCUT2D eigenvalue weighted by Crippen LogP contribution is 2.25. The van der Waals surface area contributed by atoms with Gasteiger partial charge in [-0.25, -0.2) is 4.79 Å². The normalized spacial score (nSPS) is 11.8. The molecule has 1 atom stereocenters. The second-order valence-electron chi connectivity index (χ2n) is 3.85. The Balaban J connectivity index is 2.03. The van der Waals surface area contributed by atoms with E-state index in [0.29, 0.717) is 5.89 Å². The average molecular weight is 292 g/mol. The standard InChI is InChI=1S/C12H12N4O3S/c1-7(9(17)14-11(13)18)20-12-16-15-10(19-12)8-5-3-2-4-6-8/h2-7H,1H3,(H3,13,14,17,18)/t7-/m0/s1. The molecule has 0 saturated heterocycles. The number of amides is 3. The van der Waals surface area contributed by atoms with Crippen molar-refractivity contribution in [3.63, 3.8) is 0 Å². The van der Waals surface area contributed by atoms with E-state index >= 15 is 0 Å². The van der Waals surface area contributed by atoms with Crippen molar-refractivity contribution in [3.05, 3.63) is 30.3 Å². The molecule has 8 heteroatoms. The van der Waals surface area contributed by atoms with Crippen LogP contribution in [-0.2, 0) is 4.79 Å². The van der Waals surface area contributed by atoms with Gasteiger partial charge in [-0.3, -0.25) is 10.1 Å². The minimum Gasteiger partial charge on any atom is -0.411 e. The van der Waals surface area contributed by atoms with Crippen LogP contribution in [-0.4, -0.2) is 27.4 Å². The summed E-state index contributed by atoms with van der Waals surface area (Å²) in [7, 11) is 0. The topological polar surface area (TPSA) is 111 Å². The maximum Gasteiger partial charge on any atom is 0.318 e. The zero-order valence-corrected chi connectivity index (χ0v) is 11.4. The summed E-state index contributed by atoms with van der Waals surface area (Å²) < 4.78 is 5.44. The molecule has 0 saturated carbocycles. The number of nitrogens with two attached hydrogens (primary N) is 1. The van der Waals surface area contributed by atoms with Gasteiger partial charge in [0.1, 0.15) is 0 Å². The lowest BCUT2D eigenvalue weighted by Gasteiger charge is -2.06. The fourth-order valence-corrected chi connectivity index (χ4v) is 2.07. The Morgan fingerprint density at radius 3 is 2.65 bits per heavy atom. The highest BCUT2D eigenvalue weighted by atomic mass is 32.2. The molecular weight excluding hydrogens is 280 g/mol. The second kappa shape index (κ2) is 6.20. The first-order valence-electron chi connectivity index (χ1n) is 5.72. The molecule has 0 unspecified atom stereocenters. The molecule has 0 aliphatic rings. The molecular formula is C12H12N4O3S. The number of urea groups is 1. The van der Waals surface area contributed by atoms with E-state index < -0.39 is 17.2 Å². The number of imide groups is 1. The van der Waals surface area contributed by atoms with Crippen molar-refractivity contribution >= 4 is 23.7 Å². The van der Waals surface area contributed by atoms with Gasteiger partial charge in [-0.1, -0.05) is 30.0 Å². The number of nitrogens with zero attached hydrogens (tertiary/aromatic N) is 2. The minimum atomic E-state index is -0.891. The third-order valence-electron chi connectivity index (χ3n) is 2.32. The quantitative estimate of drug-likeness (QED) is 0.824. The van der Waals surface area contributed by atoms with Crippen molar-refractivity contribution in [2.24, 2.45) is 5.73 Å². The molecule has 0 bridgehead atoms. The van der Waals surface area contributed by atoms with Crippen molar-refractivity contribution in [3.8, 4) is 11.5 Å². The predicted molar refractivity (Wildman–Crippen MR) is 72.8 cm³/mol. The van der Waals surface area contributed by atoms with Crippen molar-refractivity contribution in [1.82, 2.24) is 15.5 Å². The van der Waals surface area contributed by atoms with Crippen LogP contribution in [0.3, 0.4) is 0 Å². The van der Waals surface area contributed by atoms with E-state index in [0.717, 1.165) is 17.3 Å². The van der Waals surface area contributed by atoms with E-state index in [2.05, 4.69) is 10.2 Å². The number of benzene rings is 1. The van der Waals surface area contributed by atoms with E-state index in [1.807, 2.05) is 35.6 Å². The Labute approximate surface area is 118 Å². The van der Waals surface area contributed by atoms with E-state index in [1.165, 1.54) is 0 Å². The number of carbonyl (C=O) groups excluding carboxylic acids is 2. The number of hydrogen-bond acceptors (Lipinski definition) is 6. The maximum absolute atomic E-state index is 11.5. The maximum atomic E-state index is 11.5. The largest absolute Gasteiger partial charge is 0.411 e. The summed E-state index contributed by atoms with van der Waals surface area (Å²) in [6, 6.07) is 8.38. The van der Waals surface area contributed by atoms with Gasteiger partial charge in [0.25, 0.3) is 5.22 Å². The van der Waals surface area contributed by atoms with Gasteiger partial charge in [0.05, 0.1) is 5.25 Å². The number of rotatable bonds is 4. The van der Waals surface area contributed by atoms with Crippen molar-refractivity contribution in [2.45, 2.75) is 17.4 Å². The molecule has 0 spiro atoms. The van der Waals surface area contributed by atoms with Crippen LogP contribution in [0.15, 0.2) is 40.0 Å².